The lowest BCUT2D eigenvalue weighted by Gasteiger charge is -2.45. The Morgan fingerprint density at radius 3 is 2.69 bits per heavy atom. The number of likely N-dealkylation sites (tertiary alicyclic amines) is 1. The van der Waals surface area contributed by atoms with E-state index in [4.69, 9.17) is 0 Å². The first-order chi connectivity index (χ1) is 17.0. The number of rotatable bonds is 10. The molecule has 4 rings (SSSR count). The molecule has 1 aliphatic heterocycles. The first kappa shape index (κ1) is 24.8. The molecule has 0 saturated carbocycles. The number of amides is 1. The van der Waals surface area contributed by atoms with Crippen molar-refractivity contribution in [1.29, 1.82) is 0 Å². The molecule has 3 aromatic heterocycles. The zero-order valence-corrected chi connectivity index (χ0v) is 20.6. The molecule has 0 aliphatic carbocycles. The van der Waals surface area contributed by atoms with Crippen LogP contribution in [-0.2, 0) is 0 Å². The number of aryl methyl sites for hydroxylation is 1. The van der Waals surface area contributed by atoms with Gasteiger partial charge in [0.15, 0.2) is 5.65 Å². The van der Waals surface area contributed by atoms with Gasteiger partial charge in [-0.25, -0.2) is 0 Å². The quantitative estimate of drug-likeness (QED) is 0.428. The molecule has 0 spiro atoms. The van der Waals surface area contributed by atoms with Gasteiger partial charge in [0.1, 0.15) is 17.0 Å². The number of nitrogens with one attached hydrogen (secondary N) is 1. The van der Waals surface area contributed by atoms with Gasteiger partial charge < -0.3 is 9.88 Å². The van der Waals surface area contributed by atoms with Gasteiger partial charge in [-0.05, 0) is 32.8 Å². The zero-order valence-electron chi connectivity index (χ0n) is 20.6. The molecule has 9 heteroatoms. The van der Waals surface area contributed by atoms with E-state index in [0.29, 0.717) is 35.0 Å². The van der Waals surface area contributed by atoms with Gasteiger partial charge in [0.25, 0.3) is 11.5 Å². The Balaban J connectivity index is 1.72. The number of aromatic amines is 1. The molecule has 1 fully saturated rings. The number of carbonyl (C=O) groups is 1. The highest BCUT2D eigenvalue weighted by atomic mass is 19.1. The number of fused-ring (bicyclic) bond motifs is 1. The summed E-state index contributed by atoms with van der Waals surface area (Å²) < 4.78 is 14.4. The van der Waals surface area contributed by atoms with E-state index in [1.807, 2.05) is 19.1 Å². The molecule has 0 bridgehead atoms. The molecular weight excluding hydrogens is 447 g/mol. The van der Waals surface area contributed by atoms with E-state index in [2.05, 4.69) is 27.0 Å². The van der Waals surface area contributed by atoms with Crippen molar-refractivity contribution in [3.63, 3.8) is 0 Å². The highest BCUT2D eigenvalue weighted by molar-refractivity contribution is 6.06. The van der Waals surface area contributed by atoms with Crippen LogP contribution in [0, 0.1) is 12.8 Å². The molecule has 3 aromatic rings. The first-order valence-electron chi connectivity index (χ1n) is 12.4. The molecule has 0 aromatic carbocycles. The van der Waals surface area contributed by atoms with Crippen LogP contribution in [-0.4, -0.2) is 54.6 Å². The van der Waals surface area contributed by atoms with Crippen LogP contribution in [0.25, 0.3) is 23.1 Å². The third kappa shape index (κ3) is 5.04. The average molecular weight is 481 g/mol. The molecule has 2 atom stereocenters. The number of aromatic nitrogens is 5. The van der Waals surface area contributed by atoms with Crippen LogP contribution >= 0.6 is 0 Å². The van der Waals surface area contributed by atoms with Gasteiger partial charge in [0.05, 0.1) is 12.4 Å². The second-order valence-electron chi connectivity index (χ2n) is 9.26. The molecule has 1 N–H and O–H groups in total. The number of unbranched alkanes of at least 4 members (excludes halogenated alkanes) is 5. The molecule has 1 saturated heterocycles. The van der Waals surface area contributed by atoms with Gasteiger partial charge in [-0.1, -0.05) is 38.7 Å². The van der Waals surface area contributed by atoms with Crippen LogP contribution in [0.1, 0.15) is 74.1 Å². The predicted molar refractivity (Wildman–Crippen MR) is 134 cm³/mol. The smallest absolute Gasteiger partial charge is 0.274 e. The highest BCUT2D eigenvalue weighted by Crippen LogP contribution is 2.32. The fourth-order valence-electron chi connectivity index (χ4n) is 4.51. The monoisotopic (exact) mass is 480 g/mol. The number of halogens is 1. The first-order valence-corrected chi connectivity index (χ1v) is 12.4. The number of alkyl halides is 1. The number of H-pyrrole nitrogens is 1. The van der Waals surface area contributed by atoms with Crippen molar-refractivity contribution in [1.82, 2.24) is 29.5 Å². The standard InChI is InChI=1S/C26H33FN6O2/c1-4-5-6-7-8-9-10-11-20-14-21(34)33-25(30-20)22(26(35)32-16-19(15-27)18(32)3)24(31-33)23-17(2)28-12-13-29-23/h10-14,18-19,30H,4-9,15-16H2,1-3H3. The summed E-state index contributed by atoms with van der Waals surface area (Å²) in [5.74, 6) is -0.484. The van der Waals surface area contributed by atoms with E-state index in [9.17, 15) is 14.0 Å². The summed E-state index contributed by atoms with van der Waals surface area (Å²) in [6, 6.07) is 1.24. The normalized spacial score (nSPS) is 17.9. The van der Waals surface area contributed by atoms with Crippen LogP contribution in [0.4, 0.5) is 4.39 Å². The molecule has 1 aliphatic rings. The van der Waals surface area contributed by atoms with Gasteiger partial charge in [-0.2, -0.15) is 9.61 Å². The van der Waals surface area contributed by atoms with Crippen LogP contribution < -0.4 is 5.56 Å². The lowest BCUT2D eigenvalue weighted by molar-refractivity contribution is 0.0142. The van der Waals surface area contributed by atoms with Gasteiger partial charge in [0.2, 0.25) is 0 Å². The molecular formula is C26H33FN6O2. The Labute approximate surface area is 204 Å². The van der Waals surface area contributed by atoms with Crippen molar-refractivity contribution in [2.24, 2.45) is 5.92 Å². The number of nitrogens with zero attached hydrogens (tertiary/aromatic N) is 5. The summed E-state index contributed by atoms with van der Waals surface area (Å²) in [4.78, 5) is 40.1. The third-order valence-electron chi connectivity index (χ3n) is 6.79. The van der Waals surface area contributed by atoms with E-state index < -0.39 is 6.67 Å². The summed E-state index contributed by atoms with van der Waals surface area (Å²) in [5.41, 5.74) is 2.14. The zero-order chi connectivity index (χ0) is 24.9. The molecule has 0 radical (unpaired) electrons. The fourth-order valence-corrected chi connectivity index (χ4v) is 4.51. The summed E-state index contributed by atoms with van der Waals surface area (Å²) in [6.45, 7) is 5.67. The Bertz CT molecular complexity index is 1280. The van der Waals surface area contributed by atoms with Gasteiger partial charge >= 0.3 is 0 Å². The number of hydrogen-bond acceptors (Lipinski definition) is 5. The topological polar surface area (TPSA) is 96.2 Å². The predicted octanol–water partition coefficient (Wildman–Crippen LogP) is 4.59. The van der Waals surface area contributed by atoms with Gasteiger partial charge in [-0.3, -0.25) is 23.9 Å². The van der Waals surface area contributed by atoms with Crippen LogP contribution in [0.3, 0.4) is 0 Å². The largest absolute Gasteiger partial charge is 0.339 e. The fraction of sp³-hybridized carbons (Fsp3) is 0.500. The SMILES string of the molecule is CCCCCCCC=Cc1cc(=O)n2nc(-c3nccnc3C)c(C(=O)N3CC(CF)C3C)c2[nH]1. The minimum atomic E-state index is -0.472. The van der Waals surface area contributed by atoms with Crippen molar-refractivity contribution in [3.8, 4) is 11.4 Å². The lowest BCUT2D eigenvalue weighted by atomic mass is 9.90. The Morgan fingerprint density at radius 1 is 1.20 bits per heavy atom. The van der Waals surface area contributed by atoms with E-state index in [1.165, 1.54) is 42.5 Å². The van der Waals surface area contributed by atoms with Crippen LogP contribution in [0.5, 0.6) is 0 Å². The van der Waals surface area contributed by atoms with E-state index in [0.717, 1.165) is 12.8 Å². The number of allylic oxidation sites excluding steroid dienone is 1. The third-order valence-corrected chi connectivity index (χ3v) is 6.79. The summed E-state index contributed by atoms with van der Waals surface area (Å²) >= 11 is 0. The van der Waals surface area contributed by atoms with E-state index >= 15 is 0 Å². The second kappa shape index (κ2) is 10.9. The van der Waals surface area contributed by atoms with Crippen LogP contribution in [0.15, 0.2) is 29.3 Å². The molecule has 186 valence electrons. The molecule has 4 heterocycles. The van der Waals surface area contributed by atoms with Crippen molar-refractivity contribution < 1.29 is 9.18 Å². The average Bonchev–Trinajstić information content (AvgIpc) is 3.23. The maximum atomic E-state index is 13.6. The minimum absolute atomic E-state index is 0.183. The summed E-state index contributed by atoms with van der Waals surface area (Å²) in [6.07, 6.45) is 13.9. The number of carbonyl (C=O) groups excluding carboxylic acids is 1. The second-order valence-corrected chi connectivity index (χ2v) is 9.26. The van der Waals surface area contributed by atoms with E-state index in [1.54, 1.807) is 18.0 Å². The molecule has 2 unspecified atom stereocenters. The Kier molecular flexibility index (Phi) is 7.73. The van der Waals surface area contributed by atoms with Crippen molar-refractivity contribution in [2.45, 2.75) is 65.3 Å². The highest BCUT2D eigenvalue weighted by Gasteiger charge is 2.41. The van der Waals surface area contributed by atoms with Crippen molar-refractivity contribution >= 4 is 17.6 Å². The Morgan fingerprint density at radius 2 is 1.97 bits per heavy atom. The van der Waals surface area contributed by atoms with Crippen molar-refractivity contribution in [3.05, 3.63) is 51.8 Å². The lowest BCUT2D eigenvalue weighted by Crippen LogP contribution is -2.58. The van der Waals surface area contributed by atoms with Crippen LogP contribution in [0.2, 0.25) is 0 Å². The molecule has 1 amide bonds. The maximum absolute atomic E-state index is 13.6. The maximum Gasteiger partial charge on any atom is 0.274 e. The summed E-state index contributed by atoms with van der Waals surface area (Å²) in [7, 11) is 0. The van der Waals surface area contributed by atoms with Gasteiger partial charge in [-0.15, -0.1) is 0 Å². The number of hydrogen-bond donors (Lipinski definition) is 1. The van der Waals surface area contributed by atoms with Crippen molar-refractivity contribution in [2.75, 3.05) is 13.2 Å². The molecule has 8 nitrogen and oxygen atoms in total. The minimum Gasteiger partial charge on any atom is -0.339 e. The summed E-state index contributed by atoms with van der Waals surface area (Å²) in [5, 5.41) is 4.47. The van der Waals surface area contributed by atoms with Gasteiger partial charge in [0, 0.05) is 42.7 Å². The molecule has 35 heavy (non-hydrogen) atoms. The Hall–Kier alpha value is -3.36. The van der Waals surface area contributed by atoms with E-state index in [-0.39, 0.29) is 29.0 Å².